The number of methoxy groups -OCH3 is 2. The molecule has 0 aliphatic carbocycles. The van der Waals surface area contributed by atoms with Gasteiger partial charge in [-0.2, -0.15) is 0 Å². The van der Waals surface area contributed by atoms with Crippen molar-refractivity contribution in [1.82, 2.24) is 4.90 Å². The van der Waals surface area contributed by atoms with Gasteiger partial charge in [-0.05, 0) is 30.7 Å². The summed E-state index contributed by atoms with van der Waals surface area (Å²) in [5.41, 5.74) is 0.603. The summed E-state index contributed by atoms with van der Waals surface area (Å²) in [5, 5.41) is 0. The van der Waals surface area contributed by atoms with Gasteiger partial charge in [0.15, 0.2) is 0 Å². The molecule has 0 spiro atoms. The van der Waals surface area contributed by atoms with Crippen LogP contribution < -0.4 is 4.74 Å². The molecule has 1 atom stereocenters. The van der Waals surface area contributed by atoms with E-state index >= 15 is 0 Å². The second-order valence-electron chi connectivity index (χ2n) is 4.49. The third kappa shape index (κ3) is 4.21. The number of amides is 1. The van der Waals surface area contributed by atoms with Crippen LogP contribution in [0, 0.1) is 5.92 Å². The quantitative estimate of drug-likeness (QED) is 0.803. The molecule has 0 N–H and O–H groups in total. The topological polar surface area (TPSA) is 55.8 Å². The minimum absolute atomic E-state index is 0.0611. The molecule has 1 aromatic rings. The number of carbonyl (C=O) groups is 2. The monoisotopic (exact) mass is 293 g/mol. The van der Waals surface area contributed by atoms with Crippen molar-refractivity contribution in [1.29, 1.82) is 0 Å². The van der Waals surface area contributed by atoms with E-state index in [2.05, 4.69) is 0 Å². The van der Waals surface area contributed by atoms with E-state index in [0.717, 1.165) is 0 Å². The summed E-state index contributed by atoms with van der Waals surface area (Å²) < 4.78 is 9.76. The Morgan fingerprint density at radius 1 is 1.14 bits per heavy atom. The Morgan fingerprint density at radius 2 is 1.76 bits per heavy atom. The van der Waals surface area contributed by atoms with Crippen LogP contribution in [0.2, 0.25) is 0 Å². The molecule has 1 aromatic carbocycles. The SMILES string of the molecule is CC.COC(=O)C1CCN(C(=O)c2ccc(OC)cc2)C1. The predicted octanol–water partition coefficient (Wildman–Crippen LogP) is 2.36. The highest BCUT2D eigenvalue weighted by Gasteiger charge is 2.31. The lowest BCUT2D eigenvalue weighted by Crippen LogP contribution is -2.30. The van der Waals surface area contributed by atoms with Crippen LogP contribution in [0.25, 0.3) is 0 Å². The molecular weight excluding hydrogens is 270 g/mol. The van der Waals surface area contributed by atoms with E-state index < -0.39 is 0 Å². The molecule has 0 bridgehead atoms. The first kappa shape index (κ1) is 17.0. The van der Waals surface area contributed by atoms with Gasteiger partial charge >= 0.3 is 5.97 Å². The number of hydrogen-bond donors (Lipinski definition) is 0. The molecule has 5 heteroatoms. The van der Waals surface area contributed by atoms with Crippen molar-refractivity contribution in [3.8, 4) is 5.75 Å². The van der Waals surface area contributed by atoms with Crippen LogP contribution in [0.5, 0.6) is 5.75 Å². The third-order valence-corrected chi connectivity index (χ3v) is 3.35. The van der Waals surface area contributed by atoms with Gasteiger partial charge in [-0.15, -0.1) is 0 Å². The summed E-state index contributed by atoms with van der Waals surface area (Å²) in [6.07, 6.45) is 0.661. The molecule has 1 heterocycles. The number of benzene rings is 1. The van der Waals surface area contributed by atoms with Crippen molar-refractivity contribution in [2.45, 2.75) is 20.3 Å². The Kier molecular flexibility index (Phi) is 6.72. The average molecular weight is 293 g/mol. The molecule has 21 heavy (non-hydrogen) atoms. The fourth-order valence-corrected chi connectivity index (χ4v) is 2.22. The van der Waals surface area contributed by atoms with Gasteiger partial charge in [-0.25, -0.2) is 0 Å². The van der Waals surface area contributed by atoms with Gasteiger partial charge in [0.25, 0.3) is 5.91 Å². The summed E-state index contributed by atoms with van der Waals surface area (Å²) in [7, 11) is 2.95. The van der Waals surface area contributed by atoms with E-state index in [1.807, 2.05) is 13.8 Å². The molecule has 1 aliphatic heterocycles. The normalized spacial score (nSPS) is 16.8. The zero-order chi connectivity index (χ0) is 15.8. The zero-order valence-corrected chi connectivity index (χ0v) is 13.1. The minimum atomic E-state index is -0.245. The lowest BCUT2D eigenvalue weighted by molar-refractivity contribution is -0.144. The Bertz CT molecular complexity index is 470. The lowest BCUT2D eigenvalue weighted by atomic mass is 10.1. The molecule has 0 radical (unpaired) electrons. The van der Waals surface area contributed by atoms with Crippen LogP contribution in [-0.2, 0) is 9.53 Å². The standard InChI is InChI=1S/C14H17NO4.C2H6/c1-18-12-5-3-10(4-6-12)13(16)15-8-7-11(9-15)14(17)19-2;1-2/h3-6,11H,7-9H2,1-2H3;1-2H3. The number of hydrogen-bond acceptors (Lipinski definition) is 4. The van der Waals surface area contributed by atoms with Crippen molar-refractivity contribution < 1.29 is 19.1 Å². The number of rotatable bonds is 3. The molecule has 1 fully saturated rings. The van der Waals surface area contributed by atoms with Crippen molar-refractivity contribution in [3.63, 3.8) is 0 Å². The largest absolute Gasteiger partial charge is 0.497 e. The van der Waals surface area contributed by atoms with Crippen molar-refractivity contribution >= 4 is 11.9 Å². The summed E-state index contributed by atoms with van der Waals surface area (Å²) in [5.74, 6) is 0.205. The molecule has 1 amide bonds. The lowest BCUT2D eigenvalue weighted by Gasteiger charge is -2.16. The molecule has 5 nitrogen and oxygen atoms in total. The van der Waals surface area contributed by atoms with Gasteiger partial charge in [0, 0.05) is 18.7 Å². The highest BCUT2D eigenvalue weighted by Crippen LogP contribution is 2.20. The number of esters is 1. The first-order valence-electron chi connectivity index (χ1n) is 7.17. The number of likely N-dealkylation sites (tertiary alicyclic amines) is 1. The van der Waals surface area contributed by atoms with Crippen molar-refractivity contribution in [3.05, 3.63) is 29.8 Å². The maximum absolute atomic E-state index is 12.2. The minimum Gasteiger partial charge on any atom is -0.497 e. The van der Waals surface area contributed by atoms with Crippen LogP contribution in [0.15, 0.2) is 24.3 Å². The predicted molar refractivity (Wildman–Crippen MR) is 80.4 cm³/mol. The second-order valence-corrected chi connectivity index (χ2v) is 4.49. The summed E-state index contributed by atoms with van der Waals surface area (Å²) in [6.45, 7) is 5.02. The van der Waals surface area contributed by atoms with Gasteiger partial charge in [-0.1, -0.05) is 13.8 Å². The van der Waals surface area contributed by atoms with Crippen LogP contribution in [0.4, 0.5) is 0 Å². The van der Waals surface area contributed by atoms with Gasteiger partial charge in [-0.3, -0.25) is 9.59 Å². The summed E-state index contributed by atoms with van der Waals surface area (Å²) in [4.78, 5) is 25.3. The van der Waals surface area contributed by atoms with Crippen LogP contribution in [0.1, 0.15) is 30.6 Å². The fourth-order valence-electron chi connectivity index (χ4n) is 2.22. The first-order valence-corrected chi connectivity index (χ1v) is 7.17. The van der Waals surface area contributed by atoms with Crippen LogP contribution in [-0.4, -0.2) is 44.1 Å². The molecular formula is C16H23NO4. The Balaban J connectivity index is 0.00000106. The van der Waals surface area contributed by atoms with E-state index in [-0.39, 0.29) is 17.8 Å². The molecule has 0 saturated carbocycles. The van der Waals surface area contributed by atoms with E-state index in [1.54, 1.807) is 36.3 Å². The van der Waals surface area contributed by atoms with E-state index in [9.17, 15) is 9.59 Å². The second kappa shape index (κ2) is 8.29. The maximum Gasteiger partial charge on any atom is 0.310 e. The van der Waals surface area contributed by atoms with E-state index in [4.69, 9.17) is 9.47 Å². The molecule has 1 saturated heterocycles. The number of ether oxygens (including phenoxy) is 2. The van der Waals surface area contributed by atoms with Gasteiger partial charge in [0.2, 0.25) is 0 Å². The van der Waals surface area contributed by atoms with E-state index in [0.29, 0.717) is 30.8 Å². The van der Waals surface area contributed by atoms with Crippen molar-refractivity contribution in [2.75, 3.05) is 27.3 Å². The Hall–Kier alpha value is -2.04. The smallest absolute Gasteiger partial charge is 0.310 e. The van der Waals surface area contributed by atoms with Gasteiger partial charge in [0.1, 0.15) is 5.75 Å². The van der Waals surface area contributed by atoms with Crippen LogP contribution >= 0.6 is 0 Å². The average Bonchev–Trinajstić information content (AvgIpc) is 3.05. The third-order valence-electron chi connectivity index (χ3n) is 3.35. The number of nitrogens with zero attached hydrogens (tertiary/aromatic N) is 1. The highest BCUT2D eigenvalue weighted by atomic mass is 16.5. The summed E-state index contributed by atoms with van der Waals surface area (Å²) >= 11 is 0. The molecule has 1 unspecified atom stereocenters. The maximum atomic E-state index is 12.2. The Labute approximate surface area is 125 Å². The van der Waals surface area contributed by atoms with Crippen molar-refractivity contribution in [2.24, 2.45) is 5.92 Å². The molecule has 0 aromatic heterocycles. The van der Waals surface area contributed by atoms with Crippen LogP contribution in [0.3, 0.4) is 0 Å². The molecule has 2 rings (SSSR count). The fraction of sp³-hybridized carbons (Fsp3) is 0.500. The molecule has 116 valence electrons. The van der Waals surface area contributed by atoms with E-state index in [1.165, 1.54) is 7.11 Å². The first-order chi connectivity index (χ1) is 10.2. The highest BCUT2D eigenvalue weighted by molar-refractivity contribution is 5.95. The number of carbonyl (C=O) groups excluding carboxylic acids is 2. The summed E-state index contributed by atoms with van der Waals surface area (Å²) in [6, 6.07) is 6.96. The molecule has 1 aliphatic rings. The Morgan fingerprint density at radius 3 is 2.29 bits per heavy atom. The zero-order valence-electron chi connectivity index (χ0n) is 13.1. The van der Waals surface area contributed by atoms with Gasteiger partial charge in [0.05, 0.1) is 20.1 Å². The van der Waals surface area contributed by atoms with Gasteiger partial charge < -0.3 is 14.4 Å².